The van der Waals surface area contributed by atoms with Gasteiger partial charge in [0.1, 0.15) is 0 Å². The zero-order valence-corrected chi connectivity index (χ0v) is 22.9. The fraction of sp³-hybridized carbons (Fsp3) is 0.387. The molecule has 3 aromatic rings. The molecule has 0 bridgehead atoms. The van der Waals surface area contributed by atoms with Crippen LogP contribution in [0.5, 0.6) is 0 Å². The minimum atomic E-state index is -3.45. The van der Waals surface area contributed by atoms with Crippen LogP contribution < -0.4 is 5.32 Å². The molecule has 0 spiro atoms. The number of carbonyl (C=O) groups excluding carboxylic acids is 1. The molecular formula is C31H37N3O3S. The molecule has 1 N–H and O–H groups in total. The van der Waals surface area contributed by atoms with Crippen molar-refractivity contribution in [2.24, 2.45) is 0 Å². The molecule has 5 rings (SSSR count). The van der Waals surface area contributed by atoms with Gasteiger partial charge in [-0.15, -0.1) is 0 Å². The minimum Gasteiger partial charge on any atom is -0.345 e. The van der Waals surface area contributed by atoms with Crippen LogP contribution in [0.3, 0.4) is 0 Å². The van der Waals surface area contributed by atoms with E-state index >= 15 is 0 Å². The van der Waals surface area contributed by atoms with Gasteiger partial charge in [-0.2, -0.15) is 4.31 Å². The third-order valence-corrected chi connectivity index (χ3v) is 9.74. The van der Waals surface area contributed by atoms with Crippen LogP contribution in [0.4, 0.5) is 0 Å². The van der Waals surface area contributed by atoms with Crippen molar-refractivity contribution < 1.29 is 13.2 Å². The van der Waals surface area contributed by atoms with Crippen LogP contribution in [0.2, 0.25) is 0 Å². The van der Waals surface area contributed by atoms with E-state index in [1.165, 1.54) is 29.5 Å². The maximum absolute atomic E-state index is 13.0. The number of benzene rings is 3. The van der Waals surface area contributed by atoms with Crippen molar-refractivity contribution in [2.75, 3.05) is 26.2 Å². The predicted molar refractivity (Wildman–Crippen MR) is 151 cm³/mol. The van der Waals surface area contributed by atoms with Crippen molar-refractivity contribution in [3.05, 3.63) is 101 Å². The Morgan fingerprint density at radius 3 is 2.24 bits per heavy atom. The number of piperazine rings is 1. The van der Waals surface area contributed by atoms with Gasteiger partial charge in [0.05, 0.1) is 10.9 Å². The van der Waals surface area contributed by atoms with E-state index < -0.39 is 10.0 Å². The number of amides is 1. The minimum absolute atomic E-state index is 0.00198. The van der Waals surface area contributed by atoms with Gasteiger partial charge in [0.2, 0.25) is 10.0 Å². The molecule has 2 aliphatic rings. The van der Waals surface area contributed by atoms with Crippen LogP contribution >= 0.6 is 0 Å². The number of sulfonamides is 1. The molecule has 0 saturated carbocycles. The molecule has 1 heterocycles. The quantitative estimate of drug-likeness (QED) is 0.447. The number of nitrogens with one attached hydrogen (secondary N) is 1. The Balaban J connectivity index is 1.15. The Hall–Kier alpha value is -3.00. The molecule has 1 aliphatic heterocycles. The molecule has 1 aliphatic carbocycles. The molecule has 1 fully saturated rings. The lowest BCUT2D eigenvalue weighted by molar-refractivity contribution is 0.0935. The molecule has 7 heteroatoms. The number of rotatable bonds is 8. The summed E-state index contributed by atoms with van der Waals surface area (Å²) in [6.45, 7) is 5.13. The van der Waals surface area contributed by atoms with Crippen LogP contribution in [-0.2, 0) is 29.4 Å². The van der Waals surface area contributed by atoms with Crippen LogP contribution in [0.25, 0.3) is 0 Å². The molecule has 3 aromatic carbocycles. The third kappa shape index (κ3) is 6.01. The first-order valence-corrected chi connectivity index (χ1v) is 15.2. The van der Waals surface area contributed by atoms with Crippen molar-refractivity contribution in [1.82, 2.24) is 14.5 Å². The number of carbonyl (C=O) groups is 1. The number of hydrogen-bond donors (Lipinski definition) is 1. The van der Waals surface area contributed by atoms with Gasteiger partial charge >= 0.3 is 0 Å². The Kier molecular flexibility index (Phi) is 8.27. The summed E-state index contributed by atoms with van der Waals surface area (Å²) >= 11 is 0. The molecule has 1 unspecified atom stereocenters. The second-order valence-electron chi connectivity index (χ2n) is 10.4. The van der Waals surface area contributed by atoms with E-state index in [2.05, 4.69) is 35.3 Å². The summed E-state index contributed by atoms with van der Waals surface area (Å²) < 4.78 is 27.3. The highest BCUT2D eigenvalue weighted by Gasteiger charge is 2.28. The highest BCUT2D eigenvalue weighted by molar-refractivity contribution is 7.89. The SMILES string of the molecule is CCC(NC(=O)c1ccc(CN2CCN(S(=O)(=O)c3ccccc3)CC2)cc1)c1ccc2c(c1)CCCC2. The largest absolute Gasteiger partial charge is 0.345 e. The van der Waals surface area contributed by atoms with Gasteiger partial charge in [-0.1, -0.05) is 55.5 Å². The normalized spacial score (nSPS) is 17.5. The number of hydrogen-bond acceptors (Lipinski definition) is 4. The summed E-state index contributed by atoms with van der Waals surface area (Å²) in [6, 6.07) is 23.1. The van der Waals surface area contributed by atoms with Crippen molar-refractivity contribution in [3.8, 4) is 0 Å². The molecule has 0 aromatic heterocycles. The maximum Gasteiger partial charge on any atom is 0.251 e. The lowest BCUT2D eigenvalue weighted by atomic mass is 9.88. The van der Waals surface area contributed by atoms with Crippen molar-refractivity contribution in [3.63, 3.8) is 0 Å². The van der Waals surface area contributed by atoms with E-state index in [-0.39, 0.29) is 11.9 Å². The van der Waals surface area contributed by atoms with Crippen molar-refractivity contribution in [2.45, 2.75) is 56.5 Å². The fourth-order valence-electron chi connectivity index (χ4n) is 5.52. The molecular weight excluding hydrogens is 494 g/mol. The molecule has 38 heavy (non-hydrogen) atoms. The van der Waals surface area contributed by atoms with Gasteiger partial charge in [0, 0.05) is 38.3 Å². The Bertz CT molecular complexity index is 1350. The van der Waals surface area contributed by atoms with Crippen LogP contribution in [-0.4, -0.2) is 49.7 Å². The molecule has 6 nitrogen and oxygen atoms in total. The summed E-state index contributed by atoms with van der Waals surface area (Å²) in [5.74, 6) is -0.0548. The van der Waals surface area contributed by atoms with Gasteiger partial charge < -0.3 is 5.32 Å². The number of nitrogens with zero attached hydrogens (tertiary/aromatic N) is 2. The van der Waals surface area contributed by atoms with E-state index in [0.717, 1.165) is 31.4 Å². The Morgan fingerprint density at radius 1 is 0.868 bits per heavy atom. The van der Waals surface area contributed by atoms with E-state index in [4.69, 9.17) is 0 Å². The number of fused-ring (bicyclic) bond motifs is 1. The molecule has 0 radical (unpaired) electrons. The zero-order chi connectivity index (χ0) is 26.5. The fourth-order valence-corrected chi connectivity index (χ4v) is 6.97. The second kappa shape index (κ2) is 11.8. The van der Waals surface area contributed by atoms with Crippen molar-refractivity contribution >= 4 is 15.9 Å². The molecule has 1 saturated heterocycles. The summed E-state index contributed by atoms with van der Waals surface area (Å²) in [4.78, 5) is 15.6. The highest BCUT2D eigenvalue weighted by Crippen LogP contribution is 2.26. The number of aryl methyl sites for hydroxylation is 2. The average molecular weight is 532 g/mol. The third-order valence-electron chi connectivity index (χ3n) is 7.82. The molecule has 1 amide bonds. The van der Waals surface area contributed by atoms with E-state index in [0.29, 0.717) is 36.6 Å². The Labute approximate surface area is 226 Å². The first-order valence-electron chi connectivity index (χ1n) is 13.7. The van der Waals surface area contributed by atoms with E-state index in [9.17, 15) is 13.2 Å². The smallest absolute Gasteiger partial charge is 0.251 e. The first kappa shape index (κ1) is 26.6. The summed E-state index contributed by atoms with van der Waals surface area (Å²) in [5, 5.41) is 3.23. The molecule has 200 valence electrons. The van der Waals surface area contributed by atoms with Crippen molar-refractivity contribution in [1.29, 1.82) is 0 Å². The van der Waals surface area contributed by atoms with Gasteiger partial charge in [-0.3, -0.25) is 9.69 Å². The summed E-state index contributed by atoms with van der Waals surface area (Å²) in [7, 11) is -3.45. The Morgan fingerprint density at radius 2 is 1.55 bits per heavy atom. The van der Waals surface area contributed by atoms with Crippen LogP contribution in [0.15, 0.2) is 77.7 Å². The second-order valence-corrected chi connectivity index (χ2v) is 12.3. The lowest BCUT2D eigenvalue weighted by Crippen LogP contribution is -2.48. The van der Waals surface area contributed by atoms with E-state index in [1.807, 2.05) is 30.3 Å². The monoisotopic (exact) mass is 531 g/mol. The average Bonchev–Trinajstić information content (AvgIpc) is 2.96. The molecule has 1 atom stereocenters. The lowest BCUT2D eigenvalue weighted by Gasteiger charge is -2.34. The van der Waals surface area contributed by atoms with E-state index in [1.54, 1.807) is 28.6 Å². The summed E-state index contributed by atoms with van der Waals surface area (Å²) in [5.41, 5.74) is 5.85. The van der Waals surface area contributed by atoms with Gasteiger partial charge in [0.25, 0.3) is 5.91 Å². The predicted octanol–water partition coefficient (Wildman–Crippen LogP) is 4.95. The topological polar surface area (TPSA) is 69.7 Å². The highest BCUT2D eigenvalue weighted by atomic mass is 32.2. The van der Waals surface area contributed by atoms with Crippen LogP contribution in [0.1, 0.15) is 64.8 Å². The standard InChI is InChI=1S/C31H37N3O3S/c1-2-30(28-17-16-25-8-6-7-9-27(25)22-28)32-31(35)26-14-12-24(13-15-26)23-33-18-20-34(21-19-33)38(36,37)29-10-4-3-5-11-29/h3-5,10-17,22,30H,2,6-9,18-21,23H2,1H3,(H,32,35). The zero-order valence-electron chi connectivity index (χ0n) is 22.1. The first-order chi connectivity index (χ1) is 18.4. The van der Waals surface area contributed by atoms with Gasteiger partial charge in [-0.05, 0) is 78.6 Å². The maximum atomic E-state index is 13.0. The summed E-state index contributed by atoms with van der Waals surface area (Å²) in [6.07, 6.45) is 5.64. The van der Waals surface area contributed by atoms with Gasteiger partial charge in [0.15, 0.2) is 0 Å². The van der Waals surface area contributed by atoms with Crippen LogP contribution in [0, 0.1) is 0 Å². The van der Waals surface area contributed by atoms with Gasteiger partial charge in [-0.25, -0.2) is 8.42 Å².